The first kappa shape index (κ1) is 20.6. The minimum Gasteiger partial charge on any atom is -0.444 e. The smallest absolute Gasteiger partial charge is 0.410 e. The molecule has 0 saturated carbocycles. The van der Waals surface area contributed by atoms with Gasteiger partial charge in [-0.25, -0.2) is 9.78 Å². The number of piperazine rings is 1. The van der Waals surface area contributed by atoms with E-state index in [4.69, 9.17) is 4.74 Å². The maximum atomic E-state index is 12.9. The summed E-state index contributed by atoms with van der Waals surface area (Å²) in [5, 5.41) is 2.75. The highest BCUT2D eigenvalue weighted by Crippen LogP contribution is 2.38. The first-order valence-electron chi connectivity index (χ1n) is 9.74. The zero-order chi connectivity index (χ0) is 22.0. The van der Waals surface area contributed by atoms with Crippen LogP contribution in [-0.4, -0.2) is 57.2 Å². The Morgan fingerprint density at radius 2 is 1.97 bits per heavy atom. The molecule has 2 aliphatic heterocycles. The SMILES string of the molecule is CC1CN2c3c(c(=O)n(C)c4ccc(Br)nc34)NC(=O)[C@H]2CN1C(=O)OC(C)(C)C. The molecule has 1 fully saturated rings. The molecule has 160 valence electrons. The van der Waals surface area contributed by atoms with E-state index in [2.05, 4.69) is 26.2 Å². The fourth-order valence-corrected chi connectivity index (χ4v) is 4.30. The molecule has 4 rings (SSSR count). The second kappa shape index (κ2) is 6.97. The van der Waals surface area contributed by atoms with Crippen molar-refractivity contribution in [1.82, 2.24) is 14.5 Å². The third-order valence-corrected chi connectivity index (χ3v) is 5.83. The van der Waals surface area contributed by atoms with Crippen molar-refractivity contribution in [2.45, 2.75) is 45.4 Å². The zero-order valence-electron chi connectivity index (χ0n) is 17.5. The molecule has 1 N–H and O–H groups in total. The molecule has 30 heavy (non-hydrogen) atoms. The second-order valence-electron chi connectivity index (χ2n) is 8.73. The van der Waals surface area contributed by atoms with Crippen LogP contribution >= 0.6 is 15.9 Å². The van der Waals surface area contributed by atoms with Crippen LogP contribution in [0.2, 0.25) is 0 Å². The molecule has 2 amide bonds. The monoisotopic (exact) mass is 477 g/mol. The summed E-state index contributed by atoms with van der Waals surface area (Å²) in [5.74, 6) is -0.325. The zero-order valence-corrected chi connectivity index (χ0v) is 19.1. The number of aryl methyl sites for hydroxylation is 1. The van der Waals surface area contributed by atoms with Crippen LogP contribution in [0.1, 0.15) is 27.7 Å². The first-order chi connectivity index (χ1) is 14.0. The van der Waals surface area contributed by atoms with Crippen molar-refractivity contribution in [1.29, 1.82) is 0 Å². The van der Waals surface area contributed by atoms with Crippen molar-refractivity contribution in [3.05, 3.63) is 27.1 Å². The molecule has 2 aromatic heterocycles. The predicted molar refractivity (Wildman–Crippen MR) is 117 cm³/mol. The van der Waals surface area contributed by atoms with Crippen LogP contribution in [0, 0.1) is 0 Å². The van der Waals surface area contributed by atoms with E-state index in [0.717, 1.165) is 0 Å². The van der Waals surface area contributed by atoms with Gasteiger partial charge in [-0.05, 0) is 55.8 Å². The van der Waals surface area contributed by atoms with Gasteiger partial charge in [-0.2, -0.15) is 0 Å². The number of aromatic nitrogens is 2. The van der Waals surface area contributed by atoms with E-state index in [-0.39, 0.29) is 29.7 Å². The number of fused-ring (bicyclic) bond motifs is 5. The predicted octanol–water partition coefficient (Wildman–Crippen LogP) is 2.46. The third-order valence-electron chi connectivity index (χ3n) is 5.39. The first-order valence-corrected chi connectivity index (χ1v) is 10.5. The highest BCUT2D eigenvalue weighted by Gasteiger charge is 2.44. The number of hydrogen-bond acceptors (Lipinski definition) is 6. The van der Waals surface area contributed by atoms with E-state index in [1.807, 2.05) is 17.9 Å². The molecule has 1 unspecified atom stereocenters. The lowest BCUT2D eigenvalue weighted by Gasteiger charge is -2.47. The average molecular weight is 478 g/mol. The van der Waals surface area contributed by atoms with E-state index >= 15 is 0 Å². The lowest BCUT2D eigenvalue weighted by atomic mass is 10.0. The minimum atomic E-state index is -0.641. The fourth-order valence-electron chi connectivity index (χ4n) is 3.99. The molecule has 0 aromatic carbocycles. The summed E-state index contributed by atoms with van der Waals surface area (Å²) in [6, 6.07) is 2.73. The Hall–Kier alpha value is -2.62. The molecular weight excluding hydrogens is 454 g/mol. The number of anilines is 2. The molecular formula is C20H24BrN5O4. The Balaban J connectivity index is 1.81. The number of carbonyl (C=O) groups is 2. The molecule has 0 bridgehead atoms. The van der Waals surface area contributed by atoms with Crippen LogP contribution in [0.25, 0.3) is 11.0 Å². The largest absolute Gasteiger partial charge is 0.444 e. The molecule has 4 heterocycles. The summed E-state index contributed by atoms with van der Waals surface area (Å²) in [7, 11) is 1.65. The number of carbonyl (C=O) groups excluding carboxylic acids is 2. The van der Waals surface area contributed by atoms with Gasteiger partial charge < -0.3 is 24.4 Å². The maximum absolute atomic E-state index is 12.9. The normalized spacial score (nSPS) is 21.2. The molecule has 10 heteroatoms. The van der Waals surface area contributed by atoms with Crippen LogP contribution in [0.4, 0.5) is 16.2 Å². The highest BCUT2D eigenvalue weighted by atomic mass is 79.9. The van der Waals surface area contributed by atoms with Gasteiger partial charge in [0.1, 0.15) is 27.5 Å². The number of pyridine rings is 2. The van der Waals surface area contributed by atoms with Gasteiger partial charge >= 0.3 is 6.09 Å². The summed E-state index contributed by atoms with van der Waals surface area (Å²) in [5.41, 5.74) is 1.16. The van der Waals surface area contributed by atoms with E-state index in [1.54, 1.807) is 38.8 Å². The molecule has 2 aliphatic rings. The minimum absolute atomic E-state index is 0.159. The van der Waals surface area contributed by atoms with Gasteiger partial charge in [-0.1, -0.05) is 0 Å². The van der Waals surface area contributed by atoms with E-state index in [9.17, 15) is 14.4 Å². The van der Waals surface area contributed by atoms with E-state index in [1.165, 1.54) is 4.57 Å². The van der Waals surface area contributed by atoms with Gasteiger partial charge in [0, 0.05) is 19.6 Å². The van der Waals surface area contributed by atoms with Gasteiger partial charge in [-0.3, -0.25) is 9.59 Å². The summed E-state index contributed by atoms with van der Waals surface area (Å²) >= 11 is 3.40. The third kappa shape index (κ3) is 3.32. The maximum Gasteiger partial charge on any atom is 0.410 e. The number of amides is 2. The van der Waals surface area contributed by atoms with Crippen molar-refractivity contribution < 1.29 is 14.3 Å². The lowest BCUT2D eigenvalue weighted by molar-refractivity contribution is -0.118. The number of ether oxygens (including phenoxy) is 1. The highest BCUT2D eigenvalue weighted by molar-refractivity contribution is 9.10. The number of rotatable bonds is 0. The Bertz CT molecular complexity index is 1120. The van der Waals surface area contributed by atoms with Crippen LogP contribution < -0.4 is 15.8 Å². The van der Waals surface area contributed by atoms with Crippen molar-refractivity contribution >= 4 is 50.3 Å². The van der Waals surface area contributed by atoms with Crippen LogP contribution in [0.15, 0.2) is 21.5 Å². The van der Waals surface area contributed by atoms with Crippen molar-refractivity contribution in [3.63, 3.8) is 0 Å². The Kier molecular flexibility index (Phi) is 4.80. The summed E-state index contributed by atoms with van der Waals surface area (Å²) < 4.78 is 7.63. The van der Waals surface area contributed by atoms with Crippen LogP contribution in [-0.2, 0) is 16.6 Å². The van der Waals surface area contributed by atoms with Gasteiger partial charge in [0.05, 0.1) is 17.7 Å². The molecule has 2 aromatic rings. The summed E-state index contributed by atoms with van der Waals surface area (Å²) in [4.78, 5) is 46.6. The van der Waals surface area contributed by atoms with Gasteiger partial charge in [-0.15, -0.1) is 0 Å². The number of halogens is 1. The Labute approximate surface area is 182 Å². The second-order valence-corrected chi connectivity index (χ2v) is 9.54. The lowest BCUT2D eigenvalue weighted by Crippen LogP contribution is -2.65. The topological polar surface area (TPSA) is 96.8 Å². The Morgan fingerprint density at radius 3 is 2.63 bits per heavy atom. The van der Waals surface area contributed by atoms with Gasteiger partial charge in [0.2, 0.25) is 5.91 Å². The molecule has 2 atom stereocenters. The molecule has 0 radical (unpaired) electrons. The number of nitrogens with one attached hydrogen (secondary N) is 1. The van der Waals surface area contributed by atoms with Crippen LogP contribution in [0.3, 0.4) is 0 Å². The number of nitrogens with zero attached hydrogens (tertiary/aromatic N) is 4. The summed E-state index contributed by atoms with van der Waals surface area (Å²) in [6.45, 7) is 7.86. The van der Waals surface area contributed by atoms with Crippen molar-refractivity contribution in [3.8, 4) is 0 Å². The fraction of sp³-hybridized carbons (Fsp3) is 0.500. The van der Waals surface area contributed by atoms with Crippen molar-refractivity contribution in [2.75, 3.05) is 23.3 Å². The molecule has 0 spiro atoms. The average Bonchev–Trinajstić information content (AvgIpc) is 2.64. The Morgan fingerprint density at radius 1 is 1.27 bits per heavy atom. The van der Waals surface area contributed by atoms with Gasteiger partial charge in [0.25, 0.3) is 5.56 Å². The van der Waals surface area contributed by atoms with Gasteiger partial charge in [0.15, 0.2) is 0 Å². The molecule has 0 aliphatic carbocycles. The molecule has 9 nitrogen and oxygen atoms in total. The van der Waals surface area contributed by atoms with Crippen molar-refractivity contribution in [2.24, 2.45) is 7.05 Å². The quantitative estimate of drug-likeness (QED) is 0.585. The summed E-state index contributed by atoms with van der Waals surface area (Å²) in [6.07, 6.45) is -0.456. The van der Waals surface area contributed by atoms with Crippen LogP contribution in [0.5, 0.6) is 0 Å². The standard InChI is InChI=1S/C20H24BrN5O4/c1-10-8-26-12(9-25(10)19(29)30-20(2,3)4)17(27)23-15-16(26)14-11(24(5)18(15)28)6-7-13(21)22-14/h6-7,10,12H,8-9H2,1-5H3,(H,23,27)/t10?,12-/m1/s1. The molecule has 1 saturated heterocycles. The van der Waals surface area contributed by atoms with E-state index in [0.29, 0.717) is 27.9 Å². The number of hydrogen-bond donors (Lipinski definition) is 1. The van der Waals surface area contributed by atoms with E-state index < -0.39 is 17.7 Å².